The van der Waals surface area contributed by atoms with Crippen molar-refractivity contribution in [3.05, 3.63) is 83.2 Å². The number of amides is 2. The summed E-state index contributed by atoms with van der Waals surface area (Å²) in [4.78, 5) is 42.5. The van der Waals surface area contributed by atoms with E-state index in [1.54, 1.807) is 29.5 Å². The van der Waals surface area contributed by atoms with Crippen molar-refractivity contribution < 1.29 is 29.1 Å². The number of aromatic nitrogens is 4. The van der Waals surface area contributed by atoms with Crippen LogP contribution in [-0.4, -0.2) is 140 Å². The fourth-order valence-corrected chi connectivity index (χ4v) is 11.0. The largest absolute Gasteiger partial charge is 0.507 e. The number of fused-ring (bicyclic) bond motifs is 3. The number of ether oxygens (including phenoxy) is 1. The van der Waals surface area contributed by atoms with Gasteiger partial charge in [-0.3, -0.25) is 19.4 Å². The molecule has 3 aromatic heterocycles. The fraction of sp³-hybridized carbons (Fsp3) is 0.500. The Labute approximate surface area is 384 Å². The van der Waals surface area contributed by atoms with Crippen LogP contribution in [0.25, 0.3) is 21.7 Å². The molecule has 3 fully saturated rings. The number of aromatic hydroxyl groups is 1. The van der Waals surface area contributed by atoms with Gasteiger partial charge in [0.2, 0.25) is 11.8 Å². The number of carbonyl (C=O) groups excluding carboxylic acids is 2. The molecule has 4 aliphatic rings. The summed E-state index contributed by atoms with van der Waals surface area (Å²) in [5.74, 6) is 0.206. The molecule has 7 heterocycles. The average molecular weight is 905 g/mol. The number of β-amino-alcohol motifs (C(OH)–C–C–N with tert-alkyl or cyclic N) is 1. The Morgan fingerprint density at radius 2 is 1.83 bits per heavy atom. The molecular weight excluding hydrogens is 845 g/mol. The van der Waals surface area contributed by atoms with Gasteiger partial charge in [-0.25, -0.2) is 4.98 Å². The number of nitrogens with one attached hydrogen (secondary N) is 2. The van der Waals surface area contributed by atoms with Crippen LogP contribution >= 0.6 is 11.3 Å². The zero-order valence-electron chi connectivity index (χ0n) is 37.8. The van der Waals surface area contributed by atoms with Gasteiger partial charge in [0.05, 0.1) is 45.7 Å². The number of aliphatic hydroxyl groups excluding tert-OH is 1. The number of piperidine rings is 1. The highest BCUT2D eigenvalue weighted by atomic mass is 32.1. The van der Waals surface area contributed by atoms with Crippen LogP contribution in [0.3, 0.4) is 0 Å². The third-order valence-electron chi connectivity index (χ3n) is 13.8. The van der Waals surface area contributed by atoms with Crippen LogP contribution in [0.2, 0.25) is 0 Å². The molecule has 2 amide bonds. The second kappa shape index (κ2) is 19.1. The van der Waals surface area contributed by atoms with Crippen molar-refractivity contribution in [1.82, 2.24) is 40.4 Å². The minimum Gasteiger partial charge on any atom is -0.507 e. The summed E-state index contributed by atoms with van der Waals surface area (Å²) < 4.78 is 11.9. The van der Waals surface area contributed by atoms with Gasteiger partial charge in [0.1, 0.15) is 24.3 Å². The summed E-state index contributed by atoms with van der Waals surface area (Å²) in [5.41, 5.74) is 7.21. The monoisotopic (exact) mass is 904 g/mol. The van der Waals surface area contributed by atoms with Crippen molar-refractivity contribution >= 4 is 34.7 Å². The maximum atomic E-state index is 14.3. The molecule has 5 aromatic rings. The normalized spacial score (nSPS) is 23.4. The van der Waals surface area contributed by atoms with Crippen molar-refractivity contribution in [1.29, 1.82) is 0 Å². The van der Waals surface area contributed by atoms with Crippen molar-refractivity contribution in [3.8, 4) is 33.3 Å². The second-order valence-corrected chi connectivity index (χ2v) is 19.3. The molecular formula is C48H60N10O6S. The molecule has 7 atom stereocenters. The van der Waals surface area contributed by atoms with Crippen LogP contribution in [0.4, 0.5) is 11.5 Å². The number of aliphatic hydroxyl groups is 1. The first-order valence-electron chi connectivity index (χ1n) is 22.9. The van der Waals surface area contributed by atoms with Crippen LogP contribution in [0.15, 0.2) is 70.7 Å². The number of para-hydroxylation sites is 1. The number of aryl methyl sites for hydroxylation is 1. The molecule has 65 heavy (non-hydrogen) atoms. The predicted molar refractivity (Wildman–Crippen MR) is 249 cm³/mol. The molecule has 16 nitrogen and oxygen atoms in total. The van der Waals surface area contributed by atoms with E-state index in [2.05, 4.69) is 52.6 Å². The number of phenols is 1. The van der Waals surface area contributed by atoms with Gasteiger partial charge in [0.15, 0.2) is 11.6 Å². The van der Waals surface area contributed by atoms with Crippen LogP contribution < -0.4 is 20.3 Å². The highest BCUT2D eigenvalue weighted by molar-refractivity contribution is 7.13. The number of carbonyl (C=O) groups is 2. The van der Waals surface area contributed by atoms with Gasteiger partial charge in [-0.05, 0) is 74.0 Å². The number of piperazine rings is 1. The molecule has 344 valence electrons. The summed E-state index contributed by atoms with van der Waals surface area (Å²) in [6.45, 7) is 15.9. The number of likely N-dealkylation sites (tertiary alicyclic amines) is 2. The third kappa shape index (κ3) is 9.42. The number of anilines is 2. The summed E-state index contributed by atoms with van der Waals surface area (Å²) >= 11 is 1.59. The van der Waals surface area contributed by atoms with Crippen LogP contribution in [0.1, 0.15) is 75.9 Å². The van der Waals surface area contributed by atoms with Gasteiger partial charge >= 0.3 is 0 Å². The number of rotatable bonds is 13. The van der Waals surface area contributed by atoms with Crippen LogP contribution in [0.5, 0.6) is 11.6 Å². The van der Waals surface area contributed by atoms with Crippen LogP contribution in [-0.2, 0) is 9.59 Å². The van der Waals surface area contributed by atoms with Gasteiger partial charge in [0.25, 0.3) is 5.88 Å². The van der Waals surface area contributed by atoms with Crippen LogP contribution in [0, 0.1) is 12.8 Å². The van der Waals surface area contributed by atoms with E-state index in [4.69, 9.17) is 9.26 Å². The maximum Gasteiger partial charge on any atom is 0.254 e. The Morgan fingerprint density at radius 1 is 1.02 bits per heavy atom. The smallest absolute Gasteiger partial charge is 0.254 e. The van der Waals surface area contributed by atoms with Crippen molar-refractivity contribution in [2.24, 2.45) is 5.92 Å². The van der Waals surface area contributed by atoms with Gasteiger partial charge in [-0.2, -0.15) is 0 Å². The molecule has 3 saturated heterocycles. The first kappa shape index (κ1) is 44.6. The third-order valence-corrected chi connectivity index (χ3v) is 14.8. The van der Waals surface area contributed by atoms with Gasteiger partial charge < -0.3 is 39.9 Å². The lowest BCUT2D eigenvalue weighted by atomic mass is 9.91. The second-order valence-electron chi connectivity index (χ2n) is 18.4. The van der Waals surface area contributed by atoms with E-state index in [-0.39, 0.29) is 42.5 Å². The van der Waals surface area contributed by atoms with E-state index in [1.807, 2.05) is 75.7 Å². The van der Waals surface area contributed by atoms with E-state index < -0.39 is 18.1 Å². The van der Waals surface area contributed by atoms with E-state index in [9.17, 15) is 19.8 Å². The summed E-state index contributed by atoms with van der Waals surface area (Å²) in [7, 11) is 0. The summed E-state index contributed by atoms with van der Waals surface area (Å²) in [5, 5.41) is 40.8. The van der Waals surface area contributed by atoms with E-state index in [1.165, 1.54) is 4.90 Å². The van der Waals surface area contributed by atoms with E-state index in [0.29, 0.717) is 47.6 Å². The van der Waals surface area contributed by atoms with Gasteiger partial charge in [-0.1, -0.05) is 50.2 Å². The number of benzene rings is 2. The highest BCUT2D eigenvalue weighted by Crippen LogP contribution is 2.38. The lowest BCUT2D eigenvalue weighted by Gasteiger charge is -2.50. The highest BCUT2D eigenvalue weighted by Gasteiger charge is 2.44. The molecule has 0 radical (unpaired) electrons. The molecule has 0 unspecified atom stereocenters. The van der Waals surface area contributed by atoms with E-state index >= 15 is 0 Å². The molecule has 9 rings (SSSR count). The minimum atomic E-state index is -0.822. The Hall–Kier alpha value is -5.62. The Balaban J connectivity index is 0.754. The maximum absolute atomic E-state index is 14.3. The lowest BCUT2D eigenvalue weighted by molar-refractivity contribution is -0.141. The Bertz CT molecular complexity index is 2460. The minimum absolute atomic E-state index is 0.0602. The quantitative estimate of drug-likeness (QED) is 0.113. The zero-order chi connectivity index (χ0) is 45.4. The topological polar surface area (TPSA) is 186 Å². The average Bonchev–Trinajstić information content (AvgIpc) is 4.06. The number of hydrogen-bond acceptors (Lipinski definition) is 15. The Morgan fingerprint density at radius 3 is 2.58 bits per heavy atom. The molecule has 0 spiro atoms. The number of hydrogen-bond donors (Lipinski definition) is 4. The number of phenolic OH excluding ortho intramolecular Hbond substituents is 1. The molecule has 0 bridgehead atoms. The van der Waals surface area contributed by atoms with Crippen molar-refractivity contribution in [2.75, 3.05) is 62.6 Å². The fourth-order valence-electron chi connectivity index (χ4n) is 10.2. The van der Waals surface area contributed by atoms with E-state index in [0.717, 1.165) is 85.3 Å². The first-order chi connectivity index (χ1) is 31.4. The number of nitrogens with zero attached hydrogens (tertiary/aromatic N) is 8. The predicted octanol–water partition coefficient (Wildman–Crippen LogP) is 5.70. The SMILES string of the molecule is Cc1ncsc1-c1ccc([C@H](C)NC(=O)[C@@H]2C[C@@H](O)CN2C(=O)[C@@H](c2cc(OCCN3CC[C@H](N4CCN5c6cc(-c7ccccc7O)nnc6NC[C@@H]5C4)C[C@@H]3C)no2)C(C)C)cc1. The standard InChI is InChI=1S/C48H60N10O6S/c1-28(2)44(48(62)58-26-36(59)21-40(58)47(61)51-30(4)32-10-12-33(13-11-32)45-31(5)50-27-65-45)42-23-43(54-64-42)63-19-18-55-15-14-34(20-29(55)3)56-16-17-57-35(25-56)24-49-46-39(57)22-38(52-53-46)37-8-6-7-9-41(37)60/h6-13,22-23,27-30,34-36,40,44,59-60H,14-21,24-26H2,1-5H3,(H,49,53)(H,51,61)/t29-,30-,34-,35+,36+,40-,44+/m0/s1. The first-order valence-corrected chi connectivity index (χ1v) is 23.8. The van der Waals surface area contributed by atoms with Crippen molar-refractivity contribution in [3.63, 3.8) is 0 Å². The zero-order valence-corrected chi connectivity index (χ0v) is 38.6. The molecule has 4 N–H and O–H groups in total. The number of thiazole rings is 1. The lowest BCUT2D eigenvalue weighted by Crippen LogP contribution is -2.61. The molecule has 2 aromatic carbocycles. The Kier molecular flexibility index (Phi) is 13.1. The van der Waals surface area contributed by atoms with Gasteiger partial charge in [0, 0.05) is 75.9 Å². The van der Waals surface area contributed by atoms with Gasteiger partial charge in [-0.15, -0.1) is 21.5 Å². The molecule has 17 heteroatoms. The molecule has 4 aliphatic heterocycles. The van der Waals surface area contributed by atoms with Crippen molar-refractivity contribution in [2.45, 2.75) is 96.1 Å². The molecule has 0 saturated carbocycles. The summed E-state index contributed by atoms with van der Waals surface area (Å²) in [6.07, 6.45) is 1.47. The summed E-state index contributed by atoms with van der Waals surface area (Å²) in [6, 6.07) is 19.1. The molecule has 0 aliphatic carbocycles.